The first kappa shape index (κ1) is 14.4. The molecular weight excluding hydrogens is 298 g/mol. The Labute approximate surface area is 132 Å². The third-order valence-corrected chi connectivity index (χ3v) is 4.18. The van der Waals surface area contributed by atoms with Gasteiger partial charge in [-0.2, -0.15) is 0 Å². The second kappa shape index (κ2) is 6.07. The minimum absolute atomic E-state index is 0.246. The van der Waals surface area contributed by atoms with E-state index >= 15 is 0 Å². The molecule has 0 spiro atoms. The summed E-state index contributed by atoms with van der Waals surface area (Å²) in [6.45, 7) is 0. The Bertz CT molecular complexity index is 781. The van der Waals surface area contributed by atoms with Gasteiger partial charge in [-0.05, 0) is 36.4 Å². The topological polar surface area (TPSA) is 51.6 Å². The molecule has 0 radical (unpaired) electrons. The van der Waals surface area contributed by atoms with Gasteiger partial charge in [-0.15, -0.1) is 11.3 Å². The first-order chi connectivity index (χ1) is 10.7. The van der Waals surface area contributed by atoms with Crippen molar-refractivity contribution in [1.82, 2.24) is 4.98 Å². The number of aromatic nitrogens is 1. The lowest BCUT2D eigenvalue weighted by Crippen LogP contribution is -1.90. The van der Waals surface area contributed by atoms with Gasteiger partial charge in [0.2, 0.25) is 0 Å². The Morgan fingerprint density at radius 1 is 1.00 bits per heavy atom. The van der Waals surface area contributed by atoms with Crippen molar-refractivity contribution in [3.63, 3.8) is 0 Å². The van der Waals surface area contributed by atoms with Crippen LogP contribution in [0.2, 0.25) is 0 Å². The zero-order valence-electron chi connectivity index (χ0n) is 12.2. The van der Waals surface area contributed by atoms with Crippen LogP contribution in [-0.4, -0.2) is 24.3 Å². The minimum Gasteiger partial charge on any atom is -0.508 e. The predicted molar refractivity (Wildman–Crippen MR) is 87.8 cm³/mol. The number of ether oxygens (including phenoxy) is 2. The molecule has 0 unspecified atom stereocenters. The van der Waals surface area contributed by atoms with Gasteiger partial charge >= 0.3 is 0 Å². The van der Waals surface area contributed by atoms with Crippen molar-refractivity contribution in [2.75, 3.05) is 14.2 Å². The highest BCUT2D eigenvalue weighted by atomic mass is 32.1. The molecule has 0 amide bonds. The molecule has 1 aromatic heterocycles. The van der Waals surface area contributed by atoms with Gasteiger partial charge in [0.1, 0.15) is 22.3 Å². The molecule has 0 saturated heterocycles. The molecule has 0 saturated carbocycles. The molecule has 112 valence electrons. The summed E-state index contributed by atoms with van der Waals surface area (Å²) in [5, 5.41) is 12.2. The van der Waals surface area contributed by atoms with Crippen LogP contribution in [0, 0.1) is 0 Å². The second-order valence-corrected chi connectivity index (χ2v) is 5.51. The van der Waals surface area contributed by atoms with E-state index in [0.717, 1.165) is 33.3 Å². The maximum absolute atomic E-state index is 9.36. The van der Waals surface area contributed by atoms with E-state index in [1.165, 1.54) is 0 Å². The molecular formula is C17H15NO3S. The lowest BCUT2D eigenvalue weighted by Gasteiger charge is -2.08. The number of hydrogen-bond donors (Lipinski definition) is 1. The molecule has 3 rings (SSSR count). The molecule has 0 atom stereocenters. The van der Waals surface area contributed by atoms with Crippen LogP contribution in [0.25, 0.3) is 21.8 Å². The summed E-state index contributed by atoms with van der Waals surface area (Å²) in [4.78, 5) is 4.66. The Hall–Kier alpha value is -2.53. The van der Waals surface area contributed by atoms with Gasteiger partial charge < -0.3 is 14.6 Å². The van der Waals surface area contributed by atoms with E-state index < -0.39 is 0 Å². The molecule has 3 aromatic rings. The SMILES string of the molecule is COc1ccc(-c2nc(-c3ccc(O)cc3)cs2)c(OC)c1. The minimum atomic E-state index is 0.246. The van der Waals surface area contributed by atoms with Crippen LogP contribution in [-0.2, 0) is 0 Å². The standard InChI is InChI=1S/C17H15NO3S/c1-20-13-7-8-14(16(9-13)21-2)17-18-15(10-22-17)11-3-5-12(19)6-4-11/h3-10,19H,1-2H3. The van der Waals surface area contributed by atoms with E-state index in [2.05, 4.69) is 4.98 Å². The zero-order chi connectivity index (χ0) is 15.5. The normalized spacial score (nSPS) is 10.5. The number of aromatic hydroxyl groups is 1. The number of methoxy groups -OCH3 is 2. The van der Waals surface area contributed by atoms with E-state index in [1.54, 1.807) is 37.7 Å². The van der Waals surface area contributed by atoms with E-state index in [4.69, 9.17) is 9.47 Å². The first-order valence-corrected chi connectivity index (χ1v) is 7.56. The monoisotopic (exact) mass is 313 g/mol. The molecule has 1 heterocycles. The molecule has 5 heteroatoms. The van der Waals surface area contributed by atoms with Gasteiger partial charge in [0.25, 0.3) is 0 Å². The lowest BCUT2D eigenvalue weighted by atomic mass is 10.1. The molecule has 4 nitrogen and oxygen atoms in total. The fraction of sp³-hybridized carbons (Fsp3) is 0.118. The predicted octanol–water partition coefficient (Wildman–Crippen LogP) is 4.20. The summed E-state index contributed by atoms with van der Waals surface area (Å²) < 4.78 is 10.6. The van der Waals surface area contributed by atoms with Crippen LogP contribution in [0.15, 0.2) is 47.8 Å². The first-order valence-electron chi connectivity index (χ1n) is 6.68. The molecule has 2 aromatic carbocycles. The summed E-state index contributed by atoms with van der Waals surface area (Å²) >= 11 is 1.55. The van der Waals surface area contributed by atoms with E-state index in [-0.39, 0.29) is 5.75 Å². The van der Waals surface area contributed by atoms with Gasteiger partial charge in [-0.25, -0.2) is 4.98 Å². The molecule has 1 N–H and O–H groups in total. The number of benzene rings is 2. The van der Waals surface area contributed by atoms with Crippen molar-refractivity contribution in [3.05, 3.63) is 47.8 Å². The maximum atomic E-state index is 9.36. The number of phenolic OH excluding ortho intramolecular Hbond substituents is 1. The van der Waals surface area contributed by atoms with Crippen LogP contribution < -0.4 is 9.47 Å². The zero-order valence-corrected chi connectivity index (χ0v) is 13.1. The second-order valence-electron chi connectivity index (χ2n) is 4.65. The fourth-order valence-electron chi connectivity index (χ4n) is 2.14. The van der Waals surface area contributed by atoms with Crippen molar-refractivity contribution in [2.45, 2.75) is 0 Å². The summed E-state index contributed by atoms with van der Waals surface area (Å²) in [7, 11) is 3.26. The Morgan fingerprint density at radius 3 is 2.45 bits per heavy atom. The quantitative estimate of drug-likeness (QED) is 0.784. The summed E-state index contributed by atoms with van der Waals surface area (Å²) in [5.74, 6) is 1.72. The van der Waals surface area contributed by atoms with Crippen LogP contribution in [0.5, 0.6) is 17.2 Å². The number of phenols is 1. The highest BCUT2D eigenvalue weighted by molar-refractivity contribution is 7.13. The molecule has 0 bridgehead atoms. The molecule has 22 heavy (non-hydrogen) atoms. The molecule has 0 aliphatic rings. The fourth-order valence-corrected chi connectivity index (χ4v) is 3.00. The lowest BCUT2D eigenvalue weighted by molar-refractivity contribution is 0.395. The Balaban J connectivity index is 1.98. The van der Waals surface area contributed by atoms with Crippen LogP contribution >= 0.6 is 11.3 Å². The number of nitrogens with zero attached hydrogens (tertiary/aromatic N) is 1. The van der Waals surface area contributed by atoms with Crippen LogP contribution in [0.1, 0.15) is 0 Å². The number of hydrogen-bond acceptors (Lipinski definition) is 5. The number of thiazole rings is 1. The third kappa shape index (κ3) is 2.76. The van der Waals surface area contributed by atoms with E-state index in [0.29, 0.717) is 0 Å². The Morgan fingerprint density at radius 2 is 1.77 bits per heavy atom. The maximum Gasteiger partial charge on any atom is 0.132 e. The highest BCUT2D eigenvalue weighted by Gasteiger charge is 2.12. The van der Waals surface area contributed by atoms with Crippen LogP contribution in [0.4, 0.5) is 0 Å². The van der Waals surface area contributed by atoms with E-state index in [1.807, 2.05) is 35.7 Å². The van der Waals surface area contributed by atoms with Gasteiger partial charge in [-0.1, -0.05) is 0 Å². The smallest absolute Gasteiger partial charge is 0.132 e. The van der Waals surface area contributed by atoms with E-state index in [9.17, 15) is 5.11 Å². The van der Waals surface area contributed by atoms with Gasteiger partial charge in [0.15, 0.2) is 0 Å². The third-order valence-electron chi connectivity index (χ3n) is 3.31. The van der Waals surface area contributed by atoms with Crippen molar-refractivity contribution < 1.29 is 14.6 Å². The van der Waals surface area contributed by atoms with Gasteiger partial charge in [0.05, 0.1) is 25.5 Å². The van der Waals surface area contributed by atoms with Crippen molar-refractivity contribution >= 4 is 11.3 Å². The molecule has 0 aliphatic carbocycles. The number of rotatable bonds is 4. The Kier molecular flexibility index (Phi) is 3.98. The summed E-state index contributed by atoms with van der Waals surface area (Å²) in [6.07, 6.45) is 0. The molecule has 0 aliphatic heterocycles. The van der Waals surface area contributed by atoms with Crippen molar-refractivity contribution in [2.24, 2.45) is 0 Å². The van der Waals surface area contributed by atoms with Crippen molar-refractivity contribution in [3.8, 4) is 39.1 Å². The molecule has 0 fully saturated rings. The summed E-state index contributed by atoms with van der Waals surface area (Å²) in [5.41, 5.74) is 2.77. The average molecular weight is 313 g/mol. The van der Waals surface area contributed by atoms with Gasteiger partial charge in [-0.3, -0.25) is 0 Å². The highest BCUT2D eigenvalue weighted by Crippen LogP contribution is 2.36. The summed E-state index contributed by atoms with van der Waals surface area (Å²) in [6, 6.07) is 12.7. The largest absolute Gasteiger partial charge is 0.508 e. The average Bonchev–Trinajstić information content (AvgIpc) is 3.04. The van der Waals surface area contributed by atoms with Gasteiger partial charge in [0, 0.05) is 17.0 Å². The van der Waals surface area contributed by atoms with Crippen molar-refractivity contribution in [1.29, 1.82) is 0 Å². The van der Waals surface area contributed by atoms with Crippen LogP contribution in [0.3, 0.4) is 0 Å².